The zero-order valence-electron chi connectivity index (χ0n) is 12.0. The summed E-state index contributed by atoms with van der Waals surface area (Å²) in [4.78, 5) is 4.44. The molecule has 0 aliphatic carbocycles. The Bertz CT molecular complexity index is 414. The van der Waals surface area contributed by atoms with Crippen LogP contribution in [0.4, 0.5) is 0 Å². The first-order valence-corrected chi connectivity index (χ1v) is 6.78. The minimum Gasteiger partial charge on any atom is -0.392 e. The number of aliphatic hydroxyl groups excluding tert-OH is 1. The summed E-state index contributed by atoms with van der Waals surface area (Å²) >= 11 is 0. The van der Waals surface area contributed by atoms with Gasteiger partial charge in [-0.15, -0.1) is 0 Å². The Morgan fingerprint density at radius 2 is 2.26 bits per heavy atom. The van der Waals surface area contributed by atoms with Gasteiger partial charge in [-0.25, -0.2) is 0 Å². The Hall–Kier alpha value is -0.980. The van der Waals surface area contributed by atoms with E-state index in [9.17, 15) is 5.11 Å². The van der Waals surface area contributed by atoms with E-state index in [1.165, 1.54) is 0 Å². The lowest BCUT2D eigenvalue weighted by Gasteiger charge is -2.27. The molecule has 2 rings (SSSR count). The van der Waals surface area contributed by atoms with E-state index >= 15 is 0 Å². The fourth-order valence-electron chi connectivity index (χ4n) is 2.28. The summed E-state index contributed by atoms with van der Waals surface area (Å²) in [5.74, 6) is 1.10. The zero-order chi connectivity index (χ0) is 14.0. The average Bonchev–Trinajstić information content (AvgIpc) is 2.92. The summed E-state index contributed by atoms with van der Waals surface area (Å²) in [6.07, 6.45) is 0.0724. The van der Waals surface area contributed by atoms with Gasteiger partial charge < -0.3 is 19.7 Å². The molecule has 2 heterocycles. The maximum atomic E-state index is 9.51. The van der Waals surface area contributed by atoms with Crippen molar-refractivity contribution in [3.63, 3.8) is 0 Å². The molecule has 0 spiro atoms. The van der Waals surface area contributed by atoms with Gasteiger partial charge >= 0.3 is 0 Å². The van der Waals surface area contributed by atoms with Crippen molar-refractivity contribution >= 4 is 0 Å². The summed E-state index contributed by atoms with van der Waals surface area (Å²) < 4.78 is 11.0. The van der Waals surface area contributed by atoms with E-state index in [0.29, 0.717) is 31.3 Å². The normalized spacial score (nSPS) is 25.7. The van der Waals surface area contributed by atoms with Crippen LogP contribution in [0.2, 0.25) is 0 Å². The Labute approximate surface area is 113 Å². The molecule has 0 amide bonds. The molecule has 0 bridgehead atoms. The second-order valence-electron chi connectivity index (χ2n) is 6.04. The molecule has 3 atom stereocenters. The molecule has 1 aromatic heterocycles. The molecule has 0 saturated carbocycles. The Balaban J connectivity index is 2.14. The van der Waals surface area contributed by atoms with Crippen LogP contribution in [0.15, 0.2) is 4.52 Å². The highest BCUT2D eigenvalue weighted by Gasteiger charge is 2.34. The van der Waals surface area contributed by atoms with Crippen molar-refractivity contribution < 1.29 is 14.4 Å². The van der Waals surface area contributed by atoms with Crippen molar-refractivity contribution in [2.75, 3.05) is 13.2 Å². The minimum atomic E-state index is -0.342. The molecule has 19 heavy (non-hydrogen) atoms. The summed E-state index contributed by atoms with van der Waals surface area (Å²) in [7, 11) is 0. The van der Waals surface area contributed by atoms with E-state index in [-0.39, 0.29) is 23.7 Å². The van der Waals surface area contributed by atoms with Gasteiger partial charge in [0.25, 0.3) is 0 Å². The van der Waals surface area contributed by atoms with Crippen molar-refractivity contribution in [1.29, 1.82) is 0 Å². The van der Waals surface area contributed by atoms with Crippen LogP contribution in [-0.2, 0) is 4.74 Å². The van der Waals surface area contributed by atoms with E-state index < -0.39 is 0 Å². The second kappa shape index (κ2) is 5.56. The van der Waals surface area contributed by atoms with Crippen LogP contribution in [-0.4, -0.2) is 34.5 Å². The van der Waals surface area contributed by atoms with Crippen LogP contribution in [0.25, 0.3) is 0 Å². The topological polar surface area (TPSA) is 80.4 Å². The maximum absolute atomic E-state index is 9.51. The largest absolute Gasteiger partial charge is 0.392 e. The highest BCUT2D eigenvalue weighted by molar-refractivity contribution is 5.01. The molecule has 1 unspecified atom stereocenters. The van der Waals surface area contributed by atoms with Crippen molar-refractivity contribution in [3.8, 4) is 0 Å². The van der Waals surface area contributed by atoms with E-state index in [4.69, 9.17) is 9.26 Å². The third-order valence-electron chi connectivity index (χ3n) is 3.22. The molecule has 108 valence electrons. The predicted molar refractivity (Wildman–Crippen MR) is 69.5 cm³/mol. The Morgan fingerprint density at radius 1 is 1.53 bits per heavy atom. The summed E-state index contributed by atoms with van der Waals surface area (Å²) in [5.41, 5.74) is -0.0974. The van der Waals surface area contributed by atoms with Crippen molar-refractivity contribution in [2.24, 2.45) is 5.41 Å². The SMILES string of the molecule is CCOC(c1noc([C@@H]2C[C@H](O)CN2)n1)C(C)(C)C. The van der Waals surface area contributed by atoms with Crippen molar-refractivity contribution in [3.05, 3.63) is 11.7 Å². The molecular formula is C13H23N3O3. The van der Waals surface area contributed by atoms with Crippen LogP contribution in [0.5, 0.6) is 0 Å². The molecule has 2 N–H and O–H groups in total. The number of β-amino-alcohol motifs (C(OH)–C–C–N with tert-alkyl or cyclic N) is 1. The molecule has 1 saturated heterocycles. The van der Waals surface area contributed by atoms with Crippen LogP contribution in [0, 0.1) is 5.41 Å². The van der Waals surface area contributed by atoms with Gasteiger partial charge in [-0.2, -0.15) is 4.98 Å². The number of ether oxygens (including phenoxy) is 1. The third kappa shape index (κ3) is 3.32. The molecule has 1 aliphatic heterocycles. The number of aromatic nitrogens is 2. The number of hydrogen-bond acceptors (Lipinski definition) is 6. The minimum absolute atomic E-state index is 0.0569. The van der Waals surface area contributed by atoms with Gasteiger partial charge in [0.15, 0.2) is 0 Å². The highest BCUT2D eigenvalue weighted by atomic mass is 16.5. The zero-order valence-corrected chi connectivity index (χ0v) is 12.0. The van der Waals surface area contributed by atoms with Crippen LogP contribution in [0.1, 0.15) is 58.0 Å². The number of nitrogens with one attached hydrogen (secondary N) is 1. The van der Waals surface area contributed by atoms with Crippen LogP contribution in [0.3, 0.4) is 0 Å². The Morgan fingerprint density at radius 3 is 2.79 bits per heavy atom. The molecular weight excluding hydrogens is 246 g/mol. The van der Waals surface area contributed by atoms with E-state index in [1.807, 2.05) is 6.92 Å². The lowest BCUT2D eigenvalue weighted by molar-refractivity contribution is -0.0203. The first kappa shape index (κ1) is 14.4. The molecule has 6 nitrogen and oxygen atoms in total. The molecule has 1 aliphatic rings. The smallest absolute Gasteiger partial charge is 0.243 e. The monoisotopic (exact) mass is 269 g/mol. The van der Waals surface area contributed by atoms with Gasteiger partial charge in [-0.05, 0) is 18.8 Å². The second-order valence-corrected chi connectivity index (χ2v) is 6.04. The number of hydrogen-bond donors (Lipinski definition) is 2. The summed E-state index contributed by atoms with van der Waals surface area (Å²) in [5, 5.41) is 16.7. The molecule has 0 radical (unpaired) electrons. The molecule has 1 aromatic rings. The fourth-order valence-corrected chi connectivity index (χ4v) is 2.28. The average molecular weight is 269 g/mol. The standard InChI is InChI=1S/C13H23N3O3/c1-5-18-10(13(2,3)4)11-15-12(19-16-11)9-6-8(17)7-14-9/h8-10,14,17H,5-7H2,1-4H3/t8-,9-,10?/m0/s1. The number of rotatable bonds is 4. The predicted octanol–water partition coefficient (Wildman–Crippen LogP) is 1.59. The third-order valence-corrected chi connectivity index (χ3v) is 3.22. The first-order chi connectivity index (χ1) is 8.91. The summed E-state index contributed by atoms with van der Waals surface area (Å²) in [6.45, 7) is 9.38. The highest BCUT2D eigenvalue weighted by Crippen LogP contribution is 2.35. The quantitative estimate of drug-likeness (QED) is 0.864. The van der Waals surface area contributed by atoms with E-state index in [2.05, 4.69) is 36.2 Å². The van der Waals surface area contributed by atoms with Crippen LogP contribution < -0.4 is 5.32 Å². The number of nitrogens with zero attached hydrogens (tertiary/aromatic N) is 2. The van der Waals surface area contributed by atoms with Crippen molar-refractivity contribution in [1.82, 2.24) is 15.5 Å². The lowest BCUT2D eigenvalue weighted by atomic mass is 9.88. The fraction of sp³-hybridized carbons (Fsp3) is 0.846. The van der Waals surface area contributed by atoms with Gasteiger partial charge in [0.1, 0.15) is 6.10 Å². The van der Waals surface area contributed by atoms with Crippen LogP contribution >= 0.6 is 0 Å². The van der Waals surface area contributed by atoms with Gasteiger partial charge in [0.2, 0.25) is 11.7 Å². The van der Waals surface area contributed by atoms with E-state index in [1.54, 1.807) is 0 Å². The molecule has 1 fully saturated rings. The lowest BCUT2D eigenvalue weighted by Crippen LogP contribution is -2.23. The van der Waals surface area contributed by atoms with Gasteiger partial charge in [-0.1, -0.05) is 25.9 Å². The summed E-state index contributed by atoms with van der Waals surface area (Å²) in [6, 6.07) is -0.0569. The molecule has 0 aromatic carbocycles. The van der Waals surface area contributed by atoms with Gasteiger partial charge in [-0.3, -0.25) is 0 Å². The first-order valence-electron chi connectivity index (χ1n) is 6.78. The van der Waals surface area contributed by atoms with E-state index in [0.717, 1.165) is 0 Å². The number of aliphatic hydroxyl groups is 1. The van der Waals surface area contributed by atoms with Gasteiger partial charge in [0.05, 0.1) is 12.1 Å². The van der Waals surface area contributed by atoms with Gasteiger partial charge in [0, 0.05) is 13.2 Å². The Kier molecular flexibility index (Phi) is 4.23. The van der Waals surface area contributed by atoms with Crippen molar-refractivity contribution in [2.45, 2.75) is 52.4 Å². The molecule has 6 heteroatoms. The maximum Gasteiger partial charge on any atom is 0.243 e.